The van der Waals surface area contributed by atoms with Crippen molar-refractivity contribution >= 4 is 5.95 Å². The summed E-state index contributed by atoms with van der Waals surface area (Å²) in [7, 11) is 1.64. The highest BCUT2D eigenvalue weighted by molar-refractivity contribution is 5.59. The van der Waals surface area contributed by atoms with Gasteiger partial charge in [-0.05, 0) is 24.1 Å². The Balaban J connectivity index is 1.84. The van der Waals surface area contributed by atoms with Crippen LogP contribution in [0.25, 0.3) is 16.9 Å². The van der Waals surface area contributed by atoms with Gasteiger partial charge in [0.2, 0.25) is 5.95 Å². The zero-order chi connectivity index (χ0) is 18.5. The highest BCUT2D eigenvalue weighted by atomic mass is 16.5. The van der Waals surface area contributed by atoms with Crippen molar-refractivity contribution in [2.24, 2.45) is 5.92 Å². The molecule has 0 saturated heterocycles. The number of hydrogen-bond donors (Lipinski definition) is 2. The van der Waals surface area contributed by atoms with Crippen molar-refractivity contribution in [1.29, 1.82) is 0 Å². The van der Waals surface area contributed by atoms with Crippen LogP contribution in [0.5, 0.6) is 5.75 Å². The summed E-state index contributed by atoms with van der Waals surface area (Å²) >= 11 is 0. The maximum Gasteiger partial charge on any atom is 0.223 e. The van der Waals surface area contributed by atoms with Crippen LogP contribution < -0.4 is 10.1 Å². The van der Waals surface area contributed by atoms with Crippen molar-refractivity contribution in [2.45, 2.75) is 19.9 Å². The largest absolute Gasteiger partial charge is 0.497 e. The van der Waals surface area contributed by atoms with Crippen molar-refractivity contribution < 1.29 is 9.84 Å². The number of aliphatic hydroxyl groups is 1. The molecule has 26 heavy (non-hydrogen) atoms. The van der Waals surface area contributed by atoms with E-state index in [9.17, 15) is 5.11 Å². The van der Waals surface area contributed by atoms with Gasteiger partial charge in [0.1, 0.15) is 5.75 Å². The molecular weight excluding hydrogens is 330 g/mol. The van der Waals surface area contributed by atoms with E-state index < -0.39 is 0 Å². The van der Waals surface area contributed by atoms with Crippen LogP contribution in [0.1, 0.15) is 13.8 Å². The third-order valence-corrected chi connectivity index (χ3v) is 4.17. The summed E-state index contributed by atoms with van der Waals surface area (Å²) < 4.78 is 7.04. The fraction of sp³-hybridized carbons (Fsp3) is 0.316. The molecule has 0 fully saturated rings. The lowest BCUT2D eigenvalue weighted by molar-refractivity contribution is 0.248. The predicted molar refractivity (Wildman–Crippen MR) is 100 cm³/mol. The van der Waals surface area contributed by atoms with Crippen molar-refractivity contribution in [1.82, 2.24) is 19.7 Å². The molecule has 136 valence electrons. The number of hydrogen-bond acceptors (Lipinski definition) is 6. The van der Waals surface area contributed by atoms with Crippen LogP contribution in [0.2, 0.25) is 0 Å². The van der Waals surface area contributed by atoms with E-state index in [1.54, 1.807) is 24.2 Å². The molecule has 3 aromatic rings. The molecule has 0 amide bonds. The van der Waals surface area contributed by atoms with Crippen LogP contribution in [0.15, 0.2) is 48.9 Å². The number of aromatic nitrogens is 4. The zero-order valence-corrected chi connectivity index (χ0v) is 15.1. The first-order chi connectivity index (χ1) is 12.6. The minimum atomic E-state index is -0.0928. The van der Waals surface area contributed by atoms with Gasteiger partial charge in [0.15, 0.2) is 0 Å². The van der Waals surface area contributed by atoms with Crippen LogP contribution >= 0.6 is 0 Å². The number of rotatable bonds is 7. The van der Waals surface area contributed by atoms with Crippen molar-refractivity contribution in [3.63, 3.8) is 0 Å². The number of ether oxygens (including phenoxy) is 1. The van der Waals surface area contributed by atoms with Gasteiger partial charge in [0, 0.05) is 24.0 Å². The lowest BCUT2D eigenvalue weighted by Gasteiger charge is -2.19. The second-order valence-electron chi connectivity index (χ2n) is 6.32. The Labute approximate surface area is 152 Å². The molecule has 0 radical (unpaired) electrons. The maximum absolute atomic E-state index is 9.47. The quantitative estimate of drug-likeness (QED) is 0.679. The number of methoxy groups -OCH3 is 1. The molecule has 0 aliphatic heterocycles. The Bertz CT molecular complexity index is 862. The molecular formula is C19H23N5O2. The summed E-state index contributed by atoms with van der Waals surface area (Å²) in [5.41, 5.74) is 2.55. The van der Waals surface area contributed by atoms with Gasteiger partial charge in [-0.2, -0.15) is 5.10 Å². The van der Waals surface area contributed by atoms with Gasteiger partial charge in [-0.25, -0.2) is 14.6 Å². The topological polar surface area (TPSA) is 85.1 Å². The zero-order valence-electron chi connectivity index (χ0n) is 15.1. The summed E-state index contributed by atoms with van der Waals surface area (Å²) in [6.07, 6.45) is 5.37. The van der Waals surface area contributed by atoms with Gasteiger partial charge < -0.3 is 15.2 Å². The second kappa shape index (κ2) is 7.97. The molecule has 0 spiro atoms. The molecule has 0 saturated carbocycles. The third kappa shape index (κ3) is 4.00. The van der Waals surface area contributed by atoms with E-state index in [0.717, 1.165) is 22.7 Å². The Hall–Kier alpha value is -2.93. The van der Waals surface area contributed by atoms with Gasteiger partial charge in [-0.15, -0.1) is 0 Å². The molecule has 7 heteroatoms. The van der Waals surface area contributed by atoms with Crippen LogP contribution in [-0.2, 0) is 0 Å². The molecule has 1 unspecified atom stereocenters. The van der Waals surface area contributed by atoms with Gasteiger partial charge in [-0.1, -0.05) is 19.9 Å². The summed E-state index contributed by atoms with van der Waals surface area (Å²) in [4.78, 5) is 8.79. The number of anilines is 1. The predicted octanol–water partition coefficient (Wildman–Crippen LogP) is 2.77. The summed E-state index contributed by atoms with van der Waals surface area (Å²) in [5.74, 6) is 1.53. The summed E-state index contributed by atoms with van der Waals surface area (Å²) in [6.45, 7) is 4.10. The monoisotopic (exact) mass is 353 g/mol. The van der Waals surface area contributed by atoms with Gasteiger partial charge in [-0.3, -0.25) is 0 Å². The van der Waals surface area contributed by atoms with Crippen LogP contribution in [0.4, 0.5) is 5.95 Å². The highest BCUT2D eigenvalue weighted by Crippen LogP contribution is 2.21. The molecule has 0 aliphatic carbocycles. The summed E-state index contributed by atoms with van der Waals surface area (Å²) in [5, 5.41) is 17.1. The highest BCUT2D eigenvalue weighted by Gasteiger charge is 2.14. The molecule has 7 nitrogen and oxygen atoms in total. The van der Waals surface area contributed by atoms with E-state index in [4.69, 9.17) is 4.74 Å². The van der Waals surface area contributed by atoms with Crippen LogP contribution in [0.3, 0.4) is 0 Å². The van der Waals surface area contributed by atoms with E-state index in [2.05, 4.69) is 20.4 Å². The van der Waals surface area contributed by atoms with E-state index in [-0.39, 0.29) is 18.6 Å². The molecule has 0 bridgehead atoms. The normalized spacial score (nSPS) is 12.2. The third-order valence-electron chi connectivity index (χ3n) is 4.17. The Kier molecular flexibility index (Phi) is 5.48. The maximum atomic E-state index is 9.47. The molecule has 2 N–H and O–H groups in total. The second-order valence-corrected chi connectivity index (χ2v) is 6.32. The Morgan fingerprint density at radius 2 is 2.12 bits per heavy atom. The van der Waals surface area contributed by atoms with E-state index in [1.807, 2.05) is 50.4 Å². The number of aliphatic hydroxyl groups excluding tert-OH is 1. The van der Waals surface area contributed by atoms with E-state index >= 15 is 0 Å². The van der Waals surface area contributed by atoms with Crippen molar-refractivity contribution in [3.8, 4) is 22.7 Å². The smallest absolute Gasteiger partial charge is 0.223 e. The van der Waals surface area contributed by atoms with Crippen LogP contribution in [-0.4, -0.2) is 44.6 Å². The van der Waals surface area contributed by atoms with Gasteiger partial charge in [0.05, 0.1) is 37.3 Å². The standard InChI is InChI=1S/C19H23N5O2/c1-13(2)18(12-25)23-19-20-8-7-17(22-19)14-10-21-24(11-14)15-5-4-6-16(9-15)26-3/h4-11,13,18,25H,12H2,1-3H3,(H,20,22,23). The van der Waals surface area contributed by atoms with E-state index in [1.165, 1.54) is 0 Å². The number of nitrogens with one attached hydrogen (secondary N) is 1. The van der Waals surface area contributed by atoms with Gasteiger partial charge >= 0.3 is 0 Å². The molecule has 1 aromatic carbocycles. The van der Waals surface area contributed by atoms with E-state index in [0.29, 0.717) is 5.95 Å². The first-order valence-corrected chi connectivity index (χ1v) is 8.50. The van der Waals surface area contributed by atoms with Crippen LogP contribution in [0, 0.1) is 5.92 Å². The lowest BCUT2D eigenvalue weighted by Crippen LogP contribution is -2.30. The molecule has 2 heterocycles. The van der Waals surface area contributed by atoms with Gasteiger partial charge in [0.25, 0.3) is 0 Å². The summed E-state index contributed by atoms with van der Waals surface area (Å²) in [6, 6.07) is 9.43. The van der Waals surface area contributed by atoms with Crippen molar-refractivity contribution in [2.75, 3.05) is 19.0 Å². The molecule has 0 aliphatic rings. The average Bonchev–Trinajstić information content (AvgIpc) is 3.16. The molecule has 3 rings (SSSR count). The Morgan fingerprint density at radius 1 is 1.27 bits per heavy atom. The fourth-order valence-corrected chi connectivity index (χ4v) is 2.53. The first-order valence-electron chi connectivity index (χ1n) is 8.50. The first kappa shape index (κ1) is 17.9. The molecule has 2 aromatic heterocycles. The average molecular weight is 353 g/mol. The minimum Gasteiger partial charge on any atom is -0.497 e. The van der Waals surface area contributed by atoms with Crippen molar-refractivity contribution in [3.05, 3.63) is 48.9 Å². The number of nitrogens with zero attached hydrogens (tertiary/aromatic N) is 4. The molecule has 1 atom stereocenters. The minimum absolute atomic E-state index is 0.0268. The number of benzene rings is 1. The fourth-order valence-electron chi connectivity index (χ4n) is 2.53. The SMILES string of the molecule is COc1cccc(-n2cc(-c3ccnc(NC(CO)C(C)C)n3)cn2)c1. The lowest BCUT2D eigenvalue weighted by atomic mass is 10.1. The Morgan fingerprint density at radius 3 is 2.85 bits per heavy atom.